The topological polar surface area (TPSA) is 169 Å². The largest absolute Gasteiger partial charge is 0.488 e. The molecule has 3 amide bonds. The van der Waals surface area contributed by atoms with Crippen LogP contribution in [0.15, 0.2) is 36.4 Å². The number of halogens is 1. The van der Waals surface area contributed by atoms with Gasteiger partial charge < -0.3 is 34.8 Å². The Morgan fingerprint density at radius 3 is 2.45 bits per heavy atom. The number of fused-ring (bicyclic) bond motifs is 1. The van der Waals surface area contributed by atoms with Gasteiger partial charge in [-0.1, -0.05) is 24.3 Å². The number of ether oxygens (including phenoxy) is 2. The number of carbonyl (C=O) groups excluding carboxylic acids is 3. The van der Waals surface area contributed by atoms with Crippen LogP contribution in [0.3, 0.4) is 0 Å². The van der Waals surface area contributed by atoms with E-state index in [2.05, 4.69) is 4.90 Å². The number of imide groups is 1. The first-order chi connectivity index (χ1) is 18.0. The molecule has 12 nitrogen and oxygen atoms in total. The maximum Gasteiger partial charge on any atom is 0.303 e. The SMILES string of the molecule is O=C1NC(=O)C(O)(O)C(O)(O)C1N1Cc2c(OCc3cccc(CN4CCOCC4)c3F)cccc2C1=O. The molecule has 0 radical (unpaired) electrons. The summed E-state index contributed by atoms with van der Waals surface area (Å²) in [6.45, 7) is 2.43. The van der Waals surface area contributed by atoms with Crippen LogP contribution in [-0.2, 0) is 34.0 Å². The Morgan fingerprint density at radius 2 is 1.71 bits per heavy atom. The van der Waals surface area contributed by atoms with Crippen molar-refractivity contribution in [1.82, 2.24) is 15.1 Å². The van der Waals surface area contributed by atoms with Gasteiger partial charge in [0.2, 0.25) is 0 Å². The van der Waals surface area contributed by atoms with Crippen molar-refractivity contribution in [3.05, 3.63) is 64.5 Å². The fourth-order valence-corrected chi connectivity index (χ4v) is 4.86. The Hall–Kier alpha value is -3.46. The molecule has 3 aliphatic rings. The lowest BCUT2D eigenvalue weighted by molar-refractivity contribution is -0.355. The van der Waals surface area contributed by atoms with Gasteiger partial charge in [0, 0.05) is 41.9 Å². The van der Waals surface area contributed by atoms with Crippen molar-refractivity contribution in [3.63, 3.8) is 0 Å². The second kappa shape index (κ2) is 9.69. The van der Waals surface area contributed by atoms with Crippen LogP contribution < -0.4 is 10.1 Å². The number of nitrogens with zero attached hydrogens (tertiary/aromatic N) is 2. The van der Waals surface area contributed by atoms with Crippen molar-refractivity contribution in [2.45, 2.75) is 37.3 Å². The second-order valence-electron chi connectivity index (χ2n) is 9.40. The van der Waals surface area contributed by atoms with Gasteiger partial charge in [-0.05, 0) is 12.1 Å². The Kier molecular flexibility index (Phi) is 6.67. The maximum atomic E-state index is 15.2. The highest BCUT2D eigenvalue weighted by atomic mass is 19.1. The van der Waals surface area contributed by atoms with E-state index in [-0.39, 0.29) is 35.6 Å². The monoisotopic (exact) mass is 531 g/mol. The van der Waals surface area contributed by atoms with Crippen molar-refractivity contribution in [1.29, 1.82) is 0 Å². The molecule has 0 bridgehead atoms. The number of piperidine rings is 1. The first kappa shape index (κ1) is 26.2. The summed E-state index contributed by atoms with van der Waals surface area (Å²) in [6, 6.07) is 7.22. The van der Waals surface area contributed by atoms with E-state index in [9.17, 15) is 34.8 Å². The lowest BCUT2D eigenvalue weighted by Gasteiger charge is -2.44. The lowest BCUT2D eigenvalue weighted by atomic mass is 9.90. The van der Waals surface area contributed by atoms with E-state index >= 15 is 4.39 Å². The predicted molar refractivity (Wildman–Crippen MR) is 124 cm³/mol. The first-order valence-corrected chi connectivity index (χ1v) is 11.9. The van der Waals surface area contributed by atoms with Crippen molar-refractivity contribution >= 4 is 17.7 Å². The molecule has 0 aliphatic carbocycles. The van der Waals surface area contributed by atoms with Crippen LogP contribution in [0.5, 0.6) is 5.75 Å². The number of carbonyl (C=O) groups is 3. The van der Waals surface area contributed by atoms with E-state index in [4.69, 9.17) is 9.47 Å². The van der Waals surface area contributed by atoms with Gasteiger partial charge in [-0.3, -0.25) is 24.6 Å². The average molecular weight is 531 g/mol. The summed E-state index contributed by atoms with van der Waals surface area (Å²) < 4.78 is 26.4. The van der Waals surface area contributed by atoms with E-state index in [0.717, 1.165) is 0 Å². The maximum absolute atomic E-state index is 15.2. The van der Waals surface area contributed by atoms with Crippen LogP contribution in [0.2, 0.25) is 0 Å². The number of benzene rings is 2. The zero-order valence-electron chi connectivity index (χ0n) is 20.1. The quantitative estimate of drug-likeness (QED) is 0.220. The Bertz CT molecular complexity index is 1290. The van der Waals surface area contributed by atoms with E-state index < -0.39 is 41.2 Å². The first-order valence-electron chi connectivity index (χ1n) is 11.9. The van der Waals surface area contributed by atoms with Crippen LogP contribution in [0.1, 0.15) is 27.0 Å². The summed E-state index contributed by atoms with van der Waals surface area (Å²) in [7, 11) is 0. The van der Waals surface area contributed by atoms with Gasteiger partial charge >= 0.3 is 5.79 Å². The van der Waals surface area contributed by atoms with Crippen LogP contribution in [0.25, 0.3) is 0 Å². The van der Waals surface area contributed by atoms with E-state index in [1.165, 1.54) is 18.2 Å². The molecule has 0 saturated carbocycles. The molecule has 1 atom stereocenters. The summed E-state index contributed by atoms with van der Waals surface area (Å²) in [5.41, 5.74) is 1.12. The molecule has 1 unspecified atom stereocenters. The van der Waals surface area contributed by atoms with Crippen molar-refractivity contribution in [2.24, 2.45) is 0 Å². The molecule has 38 heavy (non-hydrogen) atoms. The second-order valence-corrected chi connectivity index (χ2v) is 9.40. The highest BCUT2D eigenvalue weighted by Gasteiger charge is 2.67. The molecule has 3 heterocycles. The molecule has 2 aromatic rings. The third-order valence-corrected chi connectivity index (χ3v) is 7.00. The summed E-state index contributed by atoms with van der Waals surface area (Å²) in [5.74, 6) is -11.6. The van der Waals surface area contributed by atoms with Gasteiger partial charge in [0.1, 0.15) is 18.2 Å². The standard InChI is InChI=1S/C25H26FN3O9/c26-19-14(11-28-7-9-37-10-8-28)3-1-4-15(19)13-38-18-6-2-5-16-17(18)12-29(22(16)31)20-21(30)27-23(32)25(35,36)24(20,33)34/h1-6,20,33-36H,7-13H2,(H,27,30,32). The van der Waals surface area contributed by atoms with Crippen LogP contribution in [0.4, 0.5) is 4.39 Å². The number of aliphatic hydroxyl groups is 4. The third kappa shape index (κ3) is 4.32. The minimum atomic E-state index is -3.76. The van der Waals surface area contributed by atoms with Crippen molar-refractivity contribution in [3.8, 4) is 5.75 Å². The van der Waals surface area contributed by atoms with Crippen molar-refractivity contribution < 1.29 is 48.7 Å². The van der Waals surface area contributed by atoms with E-state index in [0.29, 0.717) is 43.3 Å². The molecule has 13 heteroatoms. The molecule has 2 saturated heterocycles. The van der Waals surface area contributed by atoms with Crippen LogP contribution >= 0.6 is 0 Å². The third-order valence-electron chi connectivity index (χ3n) is 7.00. The van der Waals surface area contributed by atoms with Gasteiger partial charge in [0.15, 0.2) is 6.04 Å². The highest BCUT2D eigenvalue weighted by Crippen LogP contribution is 2.37. The zero-order valence-corrected chi connectivity index (χ0v) is 20.1. The van der Waals surface area contributed by atoms with Crippen molar-refractivity contribution in [2.75, 3.05) is 26.3 Å². The van der Waals surface area contributed by atoms with Gasteiger partial charge in [-0.2, -0.15) is 0 Å². The Balaban J connectivity index is 1.35. The van der Waals surface area contributed by atoms with Crippen LogP contribution in [-0.4, -0.2) is 91.9 Å². The number of hydrogen-bond donors (Lipinski definition) is 5. The molecule has 0 aromatic heterocycles. The molecule has 5 rings (SSSR count). The molecule has 0 spiro atoms. The molecule has 2 fully saturated rings. The fourth-order valence-electron chi connectivity index (χ4n) is 4.86. The molecule has 2 aromatic carbocycles. The molecule has 202 valence electrons. The average Bonchev–Trinajstić information content (AvgIpc) is 3.20. The normalized spacial score (nSPS) is 22.8. The van der Waals surface area contributed by atoms with E-state index in [1.54, 1.807) is 23.5 Å². The minimum absolute atomic E-state index is 0.0611. The smallest absolute Gasteiger partial charge is 0.303 e. The zero-order chi connectivity index (χ0) is 27.2. The lowest BCUT2D eigenvalue weighted by Crippen LogP contribution is -2.79. The van der Waals surface area contributed by atoms with Gasteiger partial charge in [-0.25, -0.2) is 4.39 Å². The predicted octanol–water partition coefficient (Wildman–Crippen LogP) is -1.42. The number of morpholine rings is 1. The summed E-state index contributed by atoms with van der Waals surface area (Å²) >= 11 is 0. The minimum Gasteiger partial charge on any atom is -0.488 e. The number of amides is 3. The molecule has 5 N–H and O–H groups in total. The number of hydrogen-bond acceptors (Lipinski definition) is 10. The summed E-state index contributed by atoms with van der Waals surface area (Å²) in [6.07, 6.45) is 0. The Labute approximate surface area is 215 Å². The summed E-state index contributed by atoms with van der Waals surface area (Å²) in [4.78, 5) is 40.0. The van der Waals surface area contributed by atoms with Crippen LogP contribution in [0, 0.1) is 5.82 Å². The highest BCUT2D eigenvalue weighted by molar-refractivity contribution is 6.08. The molecule has 3 aliphatic heterocycles. The van der Waals surface area contributed by atoms with Gasteiger partial charge in [-0.15, -0.1) is 0 Å². The van der Waals surface area contributed by atoms with E-state index in [1.807, 2.05) is 0 Å². The number of rotatable bonds is 6. The van der Waals surface area contributed by atoms with Gasteiger partial charge in [0.05, 0.1) is 19.8 Å². The molecular weight excluding hydrogens is 505 g/mol. The summed E-state index contributed by atoms with van der Waals surface area (Å²) in [5, 5.41) is 42.2. The Morgan fingerprint density at radius 1 is 1.03 bits per heavy atom. The van der Waals surface area contributed by atoms with Gasteiger partial charge in [0.25, 0.3) is 23.5 Å². The fraction of sp³-hybridized carbons (Fsp3) is 0.400. The number of nitrogens with one attached hydrogen (secondary N) is 1. The molecular formula is C25H26FN3O9.